The molecular weight excluding hydrogens is 362 g/mol. The smallest absolute Gasteiger partial charge is 0.255 e. The van der Waals surface area contributed by atoms with Gasteiger partial charge >= 0.3 is 0 Å². The van der Waals surface area contributed by atoms with Gasteiger partial charge in [0.05, 0.1) is 23.2 Å². The fourth-order valence-electron chi connectivity index (χ4n) is 2.89. The van der Waals surface area contributed by atoms with Gasteiger partial charge in [0.25, 0.3) is 5.91 Å². The summed E-state index contributed by atoms with van der Waals surface area (Å²) < 4.78 is 7.32. The van der Waals surface area contributed by atoms with E-state index in [1.807, 2.05) is 37.8 Å². The van der Waals surface area contributed by atoms with E-state index in [9.17, 15) is 4.79 Å². The van der Waals surface area contributed by atoms with E-state index < -0.39 is 0 Å². The lowest BCUT2D eigenvalue weighted by atomic mass is 10.2. The highest BCUT2D eigenvalue weighted by molar-refractivity contribution is 7.98. The van der Waals surface area contributed by atoms with Crippen molar-refractivity contribution >= 4 is 17.7 Å². The minimum atomic E-state index is -0.156. The molecule has 142 valence electrons. The largest absolute Gasteiger partial charge is 0.461 e. The number of aromatic nitrogens is 4. The van der Waals surface area contributed by atoms with Gasteiger partial charge < -0.3 is 9.73 Å². The lowest BCUT2D eigenvalue weighted by Crippen LogP contribution is -2.27. The summed E-state index contributed by atoms with van der Waals surface area (Å²) >= 11 is 1.42. The van der Waals surface area contributed by atoms with Crippen molar-refractivity contribution in [3.05, 3.63) is 47.1 Å². The molecule has 1 amide bonds. The van der Waals surface area contributed by atoms with Crippen LogP contribution in [0.3, 0.4) is 0 Å². The van der Waals surface area contributed by atoms with Crippen molar-refractivity contribution in [2.75, 3.05) is 12.8 Å². The van der Waals surface area contributed by atoms with Crippen LogP contribution in [0.5, 0.6) is 0 Å². The molecule has 0 aliphatic rings. The number of carbonyl (C=O) groups is 1. The second-order valence-corrected chi connectivity index (χ2v) is 7.05. The summed E-state index contributed by atoms with van der Waals surface area (Å²) in [6.45, 7) is 7.15. The van der Waals surface area contributed by atoms with Crippen LogP contribution in [-0.2, 0) is 6.54 Å². The number of hydrogen-bond donors (Lipinski definition) is 1. The molecular formula is C19H23N5O2S. The Kier molecular flexibility index (Phi) is 5.95. The Balaban J connectivity index is 1.66. The zero-order valence-corrected chi connectivity index (χ0v) is 16.8. The first-order valence-corrected chi connectivity index (χ1v) is 9.98. The van der Waals surface area contributed by atoms with Crippen molar-refractivity contribution in [3.63, 3.8) is 0 Å². The molecule has 0 fully saturated rings. The summed E-state index contributed by atoms with van der Waals surface area (Å²) in [5.41, 5.74) is 3.28. The Morgan fingerprint density at radius 2 is 2.11 bits per heavy atom. The number of hydrogen-bond acceptors (Lipinski definition) is 6. The molecule has 1 N–H and O–H groups in total. The quantitative estimate of drug-likeness (QED) is 0.381. The van der Waals surface area contributed by atoms with Crippen LogP contribution in [0, 0.1) is 20.8 Å². The lowest BCUT2D eigenvalue weighted by molar-refractivity contribution is 0.0947. The minimum Gasteiger partial charge on any atom is -0.461 e. The van der Waals surface area contributed by atoms with E-state index in [-0.39, 0.29) is 5.91 Å². The van der Waals surface area contributed by atoms with Crippen molar-refractivity contribution < 1.29 is 9.21 Å². The maximum atomic E-state index is 12.7. The number of amides is 1. The van der Waals surface area contributed by atoms with Gasteiger partial charge in [-0.15, -0.1) is 11.8 Å². The average molecular weight is 385 g/mol. The summed E-state index contributed by atoms with van der Waals surface area (Å²) in [5.74, 6) is 0.921. The number of carbonyl (C=O) groups excluding carboxylic acids is 1. The SMILES string of the molecule is CSc1nc(-c2ccco2)nc(C)c1C(=O)NCCCn1nc(C)cc1C. The Bertz CT molecular complexity index is 934. The first kappa shape index (κ1) is 19.2. The standard InChI is InChI=1S/C19H23N5O2S/c1-12-11-13(2)24(23-12)9-6-8-20-18(25)16-14(3)21-17(22-19(16)27-4)15-7-5-10-26-15/h5,7,10-11H,6,8-9H2,1-4H3,(H,20,25). The summed E-state index contributed by atoms with van der Waals surface area (Å²) in [6.07, 6.45) is 4.27. The monoisotopic (exact) mass is 385 g/mol. The summed E-state index contributed by atoms with van der Waals surface area (Å²) in [6, 6.07) is 5.64. The van der Waals surface area contributed by atoms with Crippen molar-refractivity contribution in [1.82, 2.24) is 25.1 Å². The summed E-state index contributed by atoms with van der Waals surface area (Å²) in [4.78, 5) is 21.6. The van der Waals surface area contributed by atoms with Crippen LogP contribution in [0.4, 0.5) is 0 Å². The summed E-state index contributed by atoms with van der Waals surface area (Å²) in [5, 5.41) is 8.04. The predicted molar refractivity (Wildman–Crippen MR) is 105 cm³/mol. The molecule has 0 saturated carbocycles. The van der Waals surface area contributed by atoms with Crippen LogP contribution in [0.25, 0.3) is 11.6 Å². The molecule has 3 aromatic rings. The third-order valence-electron chi connectivity index (χ3n) is 4.15. The van der Waals surface area contributed by atoms with Gasteiger partial charge in [-0.3, -0.25) is 9.48 Å². The Labute approximate surface area is 162 Å². The molecule has 0 spiro atoms. The highest BCUT2D eigenvalue weighted by atomic mass is 32.2. The molecule has 0 aromatic carbocycles. The van der Waals surface area contributed by atoms with Gasteiger partial charge in [-0.05, 0) is 51.6 Å². The molecule has 3 rings (SSSR count). The van der Waals surface area contributed by atoms with Crippen LogP contribution in [-0.4, -0.2) is 38.5 Å². The topological polar surface area (TPSA) is 85.8 Å². The lowest BCUT2D eigenvalue weighted by Gasteiger charge is -2.12. The Morgan fingerprint density at radius 1 is 1.30 bits per heavy atom. The molecule has 0 radical (unpaired) electrons. The molecule has 0 bridgehead atoms. The van der Waals surface area contributed by atoms with Gasteiger partial charge in [0.15, 0.2) is 11.6 Å². The molecule has 3 aromatic heterocycles. The molecule has 0 aliphatic heterocycles. The number of nitrogens with zero attached hydrogens (tertiary/aromatic N) is 4. The van der Waals surface area contributed by atoms with Crippen LogP contribution >= 0.6 is 11.8 Å². The van der Waals surface area contributed by atoms with E-state index in [0.29, 0.717) is 34.4 Å². The number of thioether (sulfide) groups is 1. The van der Waals surface area contributed by atoms with Crippen molar-refractivity contribution in [2.24, 2.45) is 0 Å². The number of furan rings is 1. The van der Waals surface area contributed by atoms with Gasteiger partial charge in [0.2, 0.25) is 0 Å². The molecule has 27 heavy (non-hydrogen) atoms. The van der Waals surface area contributed by atoms with Gasteiger partial charge in [-0.25, -0.2) is 9.97 Å². The van der Waals surface area contributed by atoms with Crippen LogP contribution in [0.1, 0.15) is 33.9 Å². The Morgan fingerprint density at radius 3 is 2.74 bits per heavy atom. The second kappa shape index (κ2) is 8.39. The number of nitrogens with one attached hydrogen (secondary N) is 1. The molecule has 7 nitrogen and oxygen atoms in total. The van der Waals surface area contributed by atoms with Crippen LogP contribution in [0.2, 0.25) is 0 Å². The van der Waals surface area contributed by atoms with E-state index in [1.165, 1.54) is 11.8 Å². The average Bonchev–Trinajstić information content (AvgIpc) is 3.27. The van der Waals surface area contributed by atoms with E-state index in [0.717, 1.165) is 24.4 Å². The first-order chi connectivity index (χ1) is 13.0. The fraction of sp³-hybridized carbons (Fsp3) is 0.368. The van der Waals surface area contributed by atoms with Crippen molar-refractivity contribution in [3.8, 4) is 11.6 Å². The normalized spacial score (nSPS) is 11.0. The highest BCUT2D eigenvalue weighted by Gasteiger charge is 2.19. The van der Waals surface area contributed by atoms with Crippen LogP contribution in [0.15, 0.2) is 33.9 Å². The predicted octanol–water partition coefficient (Wildman–Crippen LogP) is 3.40. The van der Waals surface area contributed by atoms with Crippen molar-refractivity contribution in [1.29, 1.82) is 0 Å². The first-order valence-electron chi connectivity index (χ1n) is 8.75. The van der Waals surface area contributed by atoms with Gasteiger partial charge in [0, 0.05) is 18.8 Å². The molecule has 0 unspecified atom stereocenters. The summed E-state index contributed by atoms with van der Waals surface area (Å²) in [7, 11) is 0. The third kappa shape index (κ3) is 4.39. The highest BCUT2D eigenvalue weighted by Crippen LogP contribution is 2.25. The third-order valence-corrected chi connectivity index (χ3v) is 4.84. The number of rotatable bonds is 7. The van der Waals surface area contributed by atoms with E-state index in [1.54, 1.807) is 18.4 Å². The Hall–Kier alpha value is -2.61. The molecule has 0 atom stereocenters. The molecule has 3 heterocycles. The number of aryl methyl sites for hydroxylation is 4. The van der Waals surface area contributed by atoms with Gasteiger partial charge in [0.1, 0.15) is 5.03 Å². The zero-order valence-electron chi connectivity index (χ0n) is 15.9. The molecule has 8 heteroatoms. The minimum absolute atomic E-state index is 0.156. The van der Waals surface area contributed by atoms with E-state index in [2.05, 4.69) is 20.4 Å². The fourth-order valence-corrected chi connectivity index (χ4v) is 3.51. The molecule has 0 saturated heterocycles. The van der Waals surface area contributed by atoms with E-state index in [4.69, 9.17) is 4.42 Å². The van der Waals surface area contributed by atoms with Gasteiger partial charge in [-0.2, -0.15) is 5.10 Å². The second-order valence-electron chi connectivity index (χ2n) is 6.25. The molecule has 0 aliphatic carbocycles. The van der Waals surface area contributed by atoms with Gasteiger partial charge in [-0.1, -0.05) is 0 Å². The van der Waals surface area contributed by atoms with Crippen molar-refractivity contribution in [2.45, 2.75) is 38.8 Å². The zero-order chi connectivity index (χ0) is 19.4. The van der Waals surface area contributed by atoms with E-state index >= 15 is 0 Å². The maximum absolute atomic E-state index is 12.7. The van der Waals surface area contributed by atoms with Crippen LogP contribution < -0.4 is 5.32 Å². The maximum Gasteiger partial charge on any atom is 0.255 e.